The SMILES string of the molecule is Cc1cc2c(cc1N1c3ccc(N(c4cccc(-c5ccccc5)c4)c4cccc(-c5ccccc5)c4)cc3[B]c3c(-c4ccc5oc6ccccc6c5c4Nc4ccc5c(c4)C(C)(C)CCC5(C)C)cc4c(oc5ccccc54)c31)C(C)(C)CCC2(C)C. The smallest absolute Gasteiger partial charge is 0.198 e. The molecule has 2 aromatic heterocycles. The van der Waals surface area contributed by atoms with Crippen LogP contribution in [0.5, 0.6) is 0 Å². The van der Waals surface area contributed by atoms with Crippen molar-refractivity contribution in [3.8, 4) is 33.4 Å². The predicted octanol–water partition coefficient (Wildman–Crippen LogP) is 22.1. The second kappa shape index (κ2) is 20.3. The van der Waals surface area contributed by atoms with Crippen molar-refractivity contribution in [3.05, 3.63) is 252 Å². The van der Waals surface area contributed by atoms with Crippen molar-refractivity contribution < 1.29 is 8.83 Å². The molecule has 0 unspecified atom stereocenters. The second-order valence-corrected chi connectivity index (χ2v) is 28.1. The fourth-order valence-corrected chi connectivity index (χ4v) is 15.3. The molecule has 16 rings (SSSR count). The highest BCUT2D eigenvalue weighted by Crippen LogP contribution is 2.54. The van der Waals surface area contributed by atoms with Crippen LogP contribution in [0.3, 0.4) is 0 Å². The molecule has 5 nitrogen and oxygen atoms in total. The third-order valence-corrected chi connectivity index (χ3v) is 20.5. The van der Waals surface area contributed by atoms with E-state index < -0.39 is 0 Å². The fourth-order valence-electron chi connectivity index (χ4n) is 15.3. The molecule has 6 heteroatoms. The first kappa shape index (κ1) is 54.8. The molecule has 0 atom stereocenters. The van der Waals surface area contributed by atoms with Gasteiger partial charge in [0.15, 0.2) is 12.9 Å². The lowest BCUT2D eigenvalue weighted by Crippen LogP contribution is -2.42. The molecule has 3 heterocycles. The number of benzene rings is 11. The Morgan fingerprint density at radius 2 is 0.966 bits per heavy atom. The molecule has 89 heavy (non-hydrogen) atoms. The summed E-state index contributed by atoms with van der Waals surface area (Å²) in [7, 11) is 2.46. The number of hydrogen-bond donors (Lipinski definition) is 1. The van der Waals surface area contributed by atoms with Crippen LogP contribution in [-0.4, -0.2) is 7.28 Å². The molecule has 13 aromatic rings. The summed E-state index contributed by atoms with van der Waals surface area (Å²) in [4.78, 5) is 5.00. The first-order chi connectivity index (χ1) is 43.0. The van der Waals surface area contributed by atoms with E-state index in [4.69, 9.17) is 8.83 Å². The van der Waals surface area contributed by atoms with E-state index in [0.717, 1.165) is 148 Å². The van der Waals surface area contributed by atoms with Crippen LogP contribution in [0.15, 0.2) is 233 Å². The van der Waals surface area contributed by atoms with Crippen LogP contribution < -0.4 is 26.0 Å². The molecule has 1 aliphatic heterocycles. The first-order valence-electron chi connectivity index (χ1n) is 31.9. The number of aryl methyl sites for hydroxylation is 1. The molecule has 0 saturated heterocycles. The molecule has 0 amide bonds. The Morgan fingerprint density at radius 3 is 1.62 bits per heavy atom. The minimum atomic E-state index is -0.0463. The van der Waals surface area contributed by atoms with Gasteiger partial charge in [-0.15, -0.1) is 0 Å². The van der Waals surface area contributed by atoms with Gasteiger partial charge in [-0.2, -0.15) is 0 Å². The second-order valence-electron chi connectivity index (χ2n) is 28.1. The third-order valence-electron chi connectivity index (χ3n) is 20.5. The number of hydrogen-bond acceptors (Lipinski definition) is 5. The zero-order valence-electron chi connectivity index (χ0n) is 52.5. The minimum absolute atomic E-state index is 0.0155. The average molecular weight is 1160 g/mol. The van der Waals surface area contributed by atoms with Gasteiger partial charge in [0.25, 0.3) is 0 Å². The van der Waals surface area contributed by atoms with Gasteiger partial charge in [-0.25, -0.2) is 0 Å². The van der Waals surface area contributed by atoms with E-state index in [1.54, 1.807) is 0 Å². The summed E-state index contributed by atoms with van der Waals surface area (Å²) in [6.45, 7) is 21.7. The number of fused-ring (bicyclic) bond motifs is 11. The maximum Gasteiger partial charge on any atom is 0.198 e. The Kier molecular flexibility index (Phi) is 12.5. The Labute approximate surface area is 523 Å². The van der Waals surface area contributed by atoms with Gasteiger partial charge in [0.05, 0.1) is 16.8 Å². The van der Waals surface area contributed by atoms with E-state index >= 15 is 0 Å². The van der Waals surface area contributed by atoms with Gasteiger partial charge in [-0.3, -0.25) is 0 Å². The van der Waals surface area contributed by atoms with Gasteiger partial charge in [0.1, 0.15) is 16.7 Å². The summed E-state index contributed by atoms with van der Waals surface area (Å²) in [5, 5.41) is 8.45. The molecular weight excluding hydrogens is 1080 g/mol. The molecule has 1 N–H and O–H groups in total. The van der Waals surface area contributed by atoms with Gasteiger partial charge < -0.3 is 24.0 Å². The zero-order chi connectivity index (χ0) is 60.7. The van der Waals surface area contributed by atoms with Crippen LogP contribution in [0.2, 0.25) is 0 Å². The van der Waals surface area contributed by atoms with Crippen molar-refractivity contribution in [1.82, 2.24) is 0 Å². The Bertz CT molecular complexity index is 4920. The van der Waals surface area contributed by atoms with Gasteiger partial charge in [-0.05, 0) is 206 Å². The summed E-state index contributed by atoms with van der Waals surface area (Å²) in [5.41, 5.74) is 27.8. The van der Waals surface area contributed by atoms with Crippen molar-refractivity contribution in [2.75, 3.05) is 15.1 Å². The van der Waals surface area contributed by atoms with Crippen LogP contribution in [0, 0.1) is 6.92 Å². The molecule has 1 radical (unpaired) electrons. The zero-order valence-corrected chi connectivity index (χ0v) is 52.5. The van der Waals surface area contributed by atoms with Crippen LogP contribution in [0.4, 0.5) is 45.5 Å². The molecule has 11 aromatic carbocycles. The number of rotatable bonds is 9. The molecule has 0 fully saturated rings. The Balaban J connectivity index is 0.981. The summed E-state index contributed by atoms with van der Waals surface area (Å²) in [6, 6.07) is 82.7. The van der Waals surface area contributed by atoms with E-state index in [0.29, 0.717) is 0 Å². The Morgan fingerprint density at radius 1 is 0.416 bits per heavy atom. The van der Waals surface area contributed by atoms with Crippen LogP contribution >= 0.6 is 0 Å². The van der Waals surface area contributed by atoms with Crippen molar-refractivity contribution in [2.24, 2.45) is 0 Å². The molecule has 0 spiro atoms. The van der Waals surface area contributed by atoms with E-state index in [1.807, 2.05) is 0 Å². The molecular formula is C83H73BN3O2. The number of nitrogens with zero attached hydrogens (tertiary/aromatic N) is 2. The van der Waals surface area contributed by atoms with Gasteiger partial charge in [-0.1, -0.05) is 194 Å². The lowest BCUT2D eigenvalue weighted by atomic mass is 9.57. The normalized spacial score (nSPS) is 15.9. The number of furan rings is 2. The standard InChI is InChI=1S/C83H73BN3O2/c1-51-44-66-68(83(8,9)43-42-81(66,4)5)50-71(51)87-70-38-35-59(86(57-28-20-26-54(45-57)52-22-12-10-13-23-52)58-29-21-27-55(46-58)53-24-14-11-15-25-53)48-69(70)84-76-63(49-64-60-30-16-18-32-72(60)89-79(64)78(76)87)61-36-39-74-75(62-31-17-19-33-73(62)88-74)77(61)85-56-34-37-65-67(47-56)82(6,7)41-40-80(65,2)3/h10-39,44-50,85H,40-43H2,1-9H3. The Hall–Kier alpha value is -9.52. The summed E-state index contributed by atoms with van der Waals surface area (Å²) in [5.74, 6) is 0. The van der Waals surface area contributed by atoms with Gasteiger partial charge in [0, 0.05) is 55.8 Å². The van der Waals surface area contributed by atoms with Crippen molar-refractivity contribution in [2.45, 2.75) is 110 Å². The quantitative estimate of drug-likeness (QED) is 0.146. The van der Waals surface area contributed by atoms with E-state index in [1.165, 1.54) is 38.9 Å². The highest BCUT2D eigenvalue weighted by atomic mass is 16.3. The molecule has 3 aliphatic rings. The monoisotopic (exact) mass is 1150 g/mol. The summed E-state index contributed by atoms with van der Waals surface area (Å²) in [6.07, 6.45) is 4.51. The first-order valence-corrected chi connectivity index (χ1v) is 31.9. The molecule has 2 aliphatic carbocycles. The van der Waals surface area contributed by atoms with Gasteiger partial charge >= 0.3 is 0 Å². The van der Waals surface area contributed by atoms with E-state index in [-0.39, 0.29) is 21.7 Å². The number of anilines is 8. The maximum absolute atomic E-state index is 7.34. The fraction of sp³-hybridized carbons (Fsp3) is 0.205. The van der Waals surface area contributed by atoms with Crippen LogP contribution in [0.1, 0.15) is 109 Å². The lowest BCUT2D eigenvalue weighted by molar-refractivity contribution is 0.332. The van der Waals surface area contributed by atoms with Crippen LogP contribution in [0.25, 0.3) is 77.3 Å². The largest absolute Gasteiger partial charge is 0.456 e. The van der Waals surface area contributed by atoms with Crippen molar-refractivity contribution in [1.29, 1.82) is 0 Å². The van der Waals surface area contributed by atoms with Gasteiger partial charge in [0.2, 0.25) is 0 Å². The number of para-hydroxylation sites is 2. The molecule has 0 bridgehead atoms. The topological polar surface area (TPSA) is 44.8 Å². The average Bonchev–Trinajstić information content (AvgIpc) is 1.71. The molecule has 0 saturated carbocycles. The highest BCUT2D eigenvalue weighted by Gasteiger charge is 2.41. The third kappa shape index (κ3) is 9.03. The van der Waals surface area contributed by atoms with Crippen molar-refractivity contribution >= 4 is 108 Å². The highest BCUT2D eigenvalue weighted by molar-refractivity contribution is 6.74. The lowest BCUT2D eigenvalue weighted by Gasteiger charge is -2.44. The predicted molar refractivity (Wildman–Crippen MR) is 377 cm³/mol. The maximum atomic E-state index is 7.34. The molecule has 435 valence electrons. The van der Waals surface area contributed by atoms with E-state index in [9.17, 15) is 0 Å². The summed E-state index contributed by atoms with van der Waals surface area (Å²) < 4.78 is 14.1. The van der Waals surface area contributed by atoms with Crippen molar-refractivity contribution in [3.63, 3.8) is 0 Å². The van der Waals surface area contributed by atoms with E-state index in [2.05, 4.69) is 309 Å². The number of nitrogens with one attached hydrogen (secondary N) is 1. The van der Waals surface area contributed by atoms with Crippen LogP contribution in [-0.2, 0) is 21.7 Å². The summed E-state index contributed by atoms with van der Waals surface area (Å²) >= 11 is 0. The minimum Gasteiger partial charge on any atom is -0.456 e.